The van der Waals surface area contributed by atoms with E-state index >= 15 is 0 Å². The number of likely N-dealkylation sites (N-methyl/N-ethyl adjacent to an activating group) is 1. The van der Waals surface area contributed by atoms with Crippen molar-refractivity contribution in [2.45, 2.75) is 29.5 Å². The molecule has 0 bridgehead atoms. The molecule has 0 amide bonds. The fraction of sp³-hybridized carbons (Fsp3) is 0.421. The molecule has 1 aliphatic heterocycles. The number of hydrogen-bond acceptors (Lipinski definition) is 8. The van der Waals surface area contributed by atoms with E-state index in [-0.39, 0.29) is 0 Å². The first-order valence-electron chi connectivity index (χ1n) is 9.11. The summed E-state index contributed by atoms with van der Waals surface area (Å²) < 4.78 is 14.8. The second kappa shape index (κ2) is 9.23. The SMILES string of the molecule is CN1CCC=C(c2nsnc2SCCCCSc2nc3ccccc3o2)C1. The molecule has 0 radical (unpaired) electrons. The van der Waals surface area contributed by atoms with Crippen molar-refractivity contribution in [3.63, 3.8) is 0 Å². The van der Waals surface area contributed by atoms with Crippen LogP contribution in [0.1, 0.15) is 25.0 Å². The van der Waals surface area contributed by atoms with Gasteiger partial charge in [-0.3, -0.25) is 0 Å². The van der Waals surface area contributed by atoms with Crippen molar-refractivity contribution < 1.29 is 4.42 Å². The number of oxazole rings is 1. The highest BCUT2D eigenvalue weighted by Crippen LogP contribution is 2.30. The standard InChI is InChI=1S/C19H22N4OS3/c1-23-10-6-7-14(13-23)17-18(22-27-21-17)25-11-4-5-12-26-19-20-15-8-2-3-9-16(15)24-19/h2-3,7-9H,4-6,10-13H2,1H3. The van der Waals surface area contributed by atoms with Crippen molar-refractivity contribution in [2.24, 2.45) is 0 Å². The van der Waals surface area contributed by atoms with E-state index in [1.54, 1.807) is 11.8 Å². The first kappa shape index (κ1) is 19.0. The molecule has 0 unspecified atom stereocenters. The van der Waals surface area contributed by atoms with Crippen LogP contribution in [0.3, 0.4) is 0 Å². The van der Waals surface area contributed by atoms with Crippen LogP contribution in [0.2, 0.25) is 0 Å². The lowest BCUT2D eigenvalue weighted by molar-refractivity contribution is 0.372. The highest BCUT2D eigenvalue weighted by atomic mass is 32.2. The molecule has 0 N–H and O–H groups in total. The van der Waals surface area contributed by atoms with E-state index in [2.05, 4.69) is 31.8 Å². The average Bonchev–Trinajstić information content (AvgIpc) is 3.31. The maximum absolute atomic E-state index is 5.74. The van der Waals surface area contributed by atoms with Gasteiger partial charge in [0.2, 0.25) is 0 Å². The number of aromatic nitrogens is 3. The van der Waals surface area contributed by atoms with E-state index in [0.717, 1.165) is 70.9 Å². The average molecular weight is 419 g/mol. The van der Waals surface area contributed by atoms with Gasteiger partial charge in [0, 0.05) is 18.8 Å². The van der Waals surface area contributed by atoms with Crippen LogP contribution in [0, 0.1) is 0 Å². The molecule has 3 aromatic rings. The Kier molecular flexibility index (Phi) is 6.49. The maximum Gasteiger partial charge on any atom is 0.256 e. The lowest BCUT2D eigenvalue weighted by Crippen LogP contribution is -2.25. The summed E-state index contributed by atoms with van der Waals surface area (Å²) in [5.74, 6) is 2.08. The van der Waals surface area contributed by atoms with Crippen LogP contribution in [0.15, 0.2) is 45.0 Å². The molecule has 2 aromatic heterocycles. The first-order chi connectivity index (χ1) is 13.3. The molecule has 0 saturated heterocycles. The Morgan fingerprint density at radius 3 is 2.85 bits per heavy atom. The van der Waals surface area contributed by atoms with Gasteiger partial charge in [0.1, 0.15) is 16.2 Å². The third-order valence-electron chi connectivity index (χ3n) is 4.38. The van der Waals surface area contributed by atoms with Crippen molar-refractivity contribution in [3.8, 4) is 0 Å². The van der Waals surface area contributed by atoms with Gasteiger partial charge < -0.3 is 9.32 Å². The molecule has 5 nitrogen and oxygen atoms in total. The summed E-state index contributed by atoms with van der Waals surface area (Å²) in [5.41, 5.74) is 4.22. The topological polar surface area (TPSA) is 55.1 Å². The summed E-state index contributed by atoms with van der Waals surface area (Å²) in [7, 11) is 2.16. The Labute approximate surface area is 172 Å². The van der Waals surface area contributed by atoms with E-state index < -0.39 is 0 Å². The lowest BCUT2D eigenvalue weighted by atomic mass is 10.1. The summed E-state index contributed by atoms with van der Waals surface area (Å²) >= 11 is 4.84. The minimum Gasteiger partial charge on any atom is -0.431 e. The zero-order chi connectivity index (χ0) is 18.5. The first-order valence-corrected chi connectivity index (χ1v) is 11.8. The van der Waals surface area contributed by atoms with E-state index in [1.807, 2.05) is 36.0 Å². The van der Waals surface area contributed by atoms with Crippen molar-refractivity contribution in [3.05, 3.63) is 36.0 Å². The van der Waals surface area contributed by atoms with E-state index in [9.17, 15) is 0 Å². The highest BCUT2D eigenvalue weighted by molar-refractivity contribution is 7.99. The number of benzene rings is 1. The smallest absolute Gasteiger partial charge is 0.256 e. The third-order valence-corrected chi connectivity index (χ3v) is 6.99. The Morgan fingerprint density at radius 1 is 1.15 bits per heavy atom. The Morgan fingerprint density at radius 2 is 2.00 bits per heavy atom. The van der Waals surface area contributed by atoms with Crippen LogP contribution in [0.4, 0.5) is 0 Å². The molecule has 8 heteroatoms. The van der Waals surface area contributed by atoms with Crippen LogP contribution in [0.5, 0.6) is 0 Å². The van der Waals surface area contributed by atoms with Gasteiger partial charge in [-0.1, -0.05) is 30.0 Å². The van der Waals surface area contributed by atoms with E-state index in [0.29, 0.717) is 0 Å². The predicted octanol–water partition coefficient (Wildman–Crippen LogP) is 5.06. The zero-order valence-corrected chi connectivity index (χ0v) is 17.7. The van der Waals surface area contributed by atoms with Crippen LogP contribution < -0.4 is 0 Å². The quantitative estimate of drug-likeness (QED) is 0.374. The van der Waals surface area contributed by atoms with Crippen molar-refractivity contribution in [1.29, 1.82) is 0 Å². The van der Waals surface area contributed by atoms with E-state index in [1.165, 1.54) is 17.3 Å². The summed E-state index contributed by atoms with van der Waals surface area (Å²) in [4.78, 5) is 6.84. The number of thioether (sulfide) groups is 2. The summed E-state index contributed by atoms with van der Waals surface area (Å²) in [5, 5.41) is 1.86. The second-order valence-corrected chi connectivity index (χ2v) is 9.18. The largest absolute Gasteiger partial charge is 0.431 e. The molecule has 0 saturated carbocycles. The van der Waals surface area contributed by atoms with Gasteiger partial charge in [-0.25, -0.2) is 4.98 Å². The minimum atomic E-state index is 0.767. The fourth-order valence-electron chi connectivity index (χ4n) is 2.98. The molecule has 1 aliphatic rings. The Bertz CT molecular complexity index is 887. The van der Waals surface area contributed by atoms with Crippen LogP contribution in [0.25, 0.3) is 16.7 Å². The monoisotopic (exact) mass is 418 g/mol. The van der Waals surface area contributed by atoms with Crippen molar-refractivity contribution >= 4 is 51.9 Å². The molecule has 1 aromatic carbocycles. The number of rotatable bonds is 8. The molecule has 3 heterocycles. The maximum atomic E-state index is 5.74. The minimum absolute atomic E-state index is 0.767. The van der Waals surface area contributed by atoms with Gasteiger partial charge in [0.05, 0.1) is 11.7 Å². The molecule has 27 heavy (non-hydrogen) atoms. The predicted molar refractivity (Wildman–Crippen MR) is 115 cm³/mol. The van der Waals surface area contributed by atoms with Gasteiger partial charge in [0.15, 0.2) is 5.58 Å². The fourth-order valence-corrected chi connectivity index (χ4v) is 5.53. The van der Waals surface area contributed by atoms with Crippen LogP contribution in [-0.4, -0.2) is 50.3 Å². The molecular weight excluding hydrogens is 396 g/mol. The van der Waals surface area contributed by atoms with Gasteiger partial charge in [-0.05, 0) is 49.8 Å². The summed E-state index contributed by atoms with van der Waals surface area (Å²) in [6, 6.07) is 7.90. The van der Waals surface area contributed by atoms with E-state index in [4.69, 9.17) is 4.42 Å². The van der Waals surface area contributed by atoms with Gasteiger partial charge in [-0.15, -0.1) is 11.8 Å². The third kappa shape index (κ3) is 4.93. The lowest BCUT2D eigenvalue weighted by Gasteiger charge is -2.22. The van der Waals surface area contributed by atoms with Crippen LogP contribution in [-0.2, 0) is 0 Å². The highest BCUT2D eigenvalue weighted by Gasteiger charge is 2.17. The Balaban J connectivity index is 1.21. The molecule has 4 rings (SSSR count). The molecule has 0 fully saturated rings. The number of hydrogen-bond donors (Lipinski definition) is 0. The van der Waals surface area contributed by atoms with Crippen molar-refractivity contribution in [2.75, 3.05) is 31.6 Å². The summed E-state index contributed by atoms with van der Waals surface area (Å²) in [6.45, 7) is 2.10. The number of unbranched alkanes of at least 4 members (excludes halogenated alkanes) is 1. The molecule has 0 spiro atoms. The normalized spacial score (nSPS) is 15.4. The molecule has 142 valence electrons. The second-order valence-electron chi connectivity index (χ2n) is 6.53. The number of nitrogens with zero attached hydrogens (tertiary/aromatic N) is 4. The molecule has 0 aliphatic carbocycles. The zero-order valence-electron chi connectivity index (χ0n) is 15.3. The number of para-hydroxylation sites is 2. The number of fused-ring (bicyclic) bond motifs is 1. The Hall–Kier alpha value is -1.35. The molecule has 0 atom stereocenters. The summed E-state index contributed by atoms with van der Waals surface area (Å²) in [6.07, 6.45) is 5.70. The van der Waals surface area contributed by atoms with Crippen LogP contribution >= 0.6 is 35.3 Å². The van der Waals surface area contributed by atoms with Crippen molar-refractivity contribution in [1.82, 2.24) is 18.6 Å². The van der Waals surface area contributed by atoms with Gasteiger partial charge >= 0.3 is 0 Å². The molecular formula is C19H22N4OS3. The van der Waals surface area contributed by atoms with Gasteiger partial charge in [0.25, 0.3) is 5.22 Å². The van der Waals surface area contributed by atoms with Gasteiger partial charge in [-0.2, -0.15) is 8.75 Å².